The van der Waals surface area contributed by atoms with Crippen LogP contribution in [0.1, 0.15) is 36.1 Å². The summed E-state index contributed by atoms with van der Waals surface area (Å²) in [7, 11) is 0. The van der Waals surface area contributed by atoms with Crippen LogP contribution >= 0.6 is 0 Å². The molecular formula is C18H20FNO. The van der Waals surface area contributed by atoms with E-state index in [2.05, 4.69) is 30.0 Å². The van der Waals surface area contributed by atoms with Gasteiger partial charge in [-0.3, -0.25) is 0 Å². The van der Waals surface area contributed by atoms with E-state index in [1.54, 1.807) is 13.0 Å². The fourth-order valence-corrected chi connectivity index (χ4v) is 3.15. The quantitative estimate of drug-likeness (QED) is 0.890. The maximum absolute atomic E-state index is 14.1. The van der Waals surface area contributed by atoms with Gasteiger partial charge < -0.3 is 10.0 Å². The van der Waals surface area contributed by atoms with Crippen molar-refractivity contribution < 1.29 is 9.50 Å². The highest BCUT2D eigenvalue weighted by Crippen LogP contribution is 2.38. The molecule has 0 bridgehead atoms. The number of aliphatic hydroxyl groups excluding tert-OH is 1. The zero-order chi connectivity index (χ0) is 15.0. The number of aliphatic hydroxyl groups is 1. The van der Waals surface area contributed by atoms with E-state index in [1.807, 2.05) is 6.07 Å². The van der Waals surface area contributed by atoms with Crippen LogP contribution in [0.4, 0.5) is 15.8 Å². The molecule has 0 aromatic heterocycles. The fraction of sp³-hybridized carbons (Fsp3) is 0.333. The van der Waals surface area contributed by atoms with E-state index in [1.165, 1.54) is 17.2 Å². The van der Waals surface area contributed by atoms with Crippen LogP contribution in [0.15, 0.2) is 36.4 Å². The number of fused-ring (bicyclic) bond motifs is 1. The summed E-state index contributed by atoms with van der Waals surface area (Å²) >= 11 is 0. The third-order valence-electron chi connectivity index (χ3n) is 4.09. The van der Waals surface area contributed by atoms with Crippen molar-refractivity contribution in [1.82, 2.24) is 0 Å². The van der Waals surface area contributed by atoms with Crippen molar-refractivity contribution in [3.63, 3.8) is 0 Å². The summed E-state index contributed by atoms with van der Waals surface area (Å²) in [4.78, 5) is 2.13. The predicted molar refractivity (Wildman–Crippen MR) is 83.5 cm³/mol. The highest BCUT2D eigenvalue weighted by molar-refractivity contribution is 5.71. The van der Waals surface area contributed by atoms with E-state index in [4.69, 9.17) is 0 Å². The second-order valence-electron chi connectivity index (χ2n) is 5.74. The molecule has 0 saturated heterocycles. The molecule has 2 aromatic rings. The third-order valence-corrected chi connectivity index (χ3v) is 4.09. The molecule has 0 saturated carbocycles. The minimum Gasteiger partial charge on any atom is -0.389 e. The second-order valence-corrected chi connectivity index (χ2v) is 5.74. The Bertz CT molecular complexity index is 666. The topological polar surface area (TPSA) is 23.5 Å². The van der Waals surface area contributed by atoms with Gasteiger partial charge in [0.25, 0.3) is 0 Å². The molecule has 0 spiro atoms. The number of hydrogen-bond donors (Lipinski definition) is 1. The van der Waals surface area contributed by atoms with Crippen molar-refractivity contribution in [3.05, 3.63) is 58.9 Å². The maximum atomic E-state index is 14.1. The van der Waals surface area contributed by atoms with Gasteiger partial charge in [-0.1, -0.05) is 23.8 Å². The molecule has 0 radical (unpaired) electrons. The molecule has 1 unspecified atom stereocenters. The number of benzene rings is 2. The number of nitrogens with zero attached hydrogens (tertiary/aromatic N) is 1. The summed E-state index contributed by atoms with van der Waals surface area (Å²) in [6, 6.07) is 11.4. The first-order valence-electron chi connectivity index (χ1n) is 7.41. The van der Waals surface area contributed by atoms with E-state index in [-0.39, 0.29) is 5.82 Å². The average molecular weight is 285 g/mol. The number of rotatable bonds is 2. The van der Waals surface area contributed by atoms with E-state index >= 15 is 0 Å². The molecule has 0 fully saturated rings. The van der Waals surface area contributed by atoms with Gasteiger partial charge in [-0.25, -0.2) is 4.39 Å². The summed E-state index contributed by atoms with van der Waals surface area (Å²) in [5.41, 5.74) is 4.81. The van der Waals surface area contributed by atoms with Crippen LogP contribution in [0.2, 0.25) is 0 Å². The number of aryl methyl sites for hydroxylation is 2. The average Bonchev–Trinajstić information content (AvgIpc) is 2.45. The smallest absolute Gasteiger partial charge is 0.131 e. The Morgan fingerprint density at radius 1 is 1.19 bits per heavy atom. The van der Waals surface area contributed by atoms with Crippen LogP contribution in [-0.4, -0.2) is 11.7 Å². The molecular weight excluding hydrogens is 265 g/mol. The zero-order valence-electron chi connectivity index (χ0n) is 12.4. The zero-order valence-corrected chi connectivity index (χ0v) is 12.4. The summed E-state index contributed by atoms with van der Waals surface area (Å²) in [5.74, 6) is -0.346. The molecule has 3 heteroatoms. The molecule has 0 amide bonds. The van der Waals surface area contributed by atoms with Crippen molar-refractivity contribution in [2.24, 2.45) is 0 Å². The third kappa shape index (κ3) is 2.54. The molecule has 0 aliphatic carbocycles. The van der Waals surface area contributed by atoms with Gasteiger partial charge in [-0.05, 0) is 50.5 Å². The van der Waals surface area contributed by atoms with Gasteiger partial charge in [0.05, 0.1) is 6.10 Å². The van der Waals surface area contributed by atoms with Crippen LogP contribution in [0.25, 0.3) is 0 Å². The number of anilines is 2. The lowest BCUT2D eigenvalue weighted by molar-refractivity contribution is 0.194. The van der Waals surface area contributed by atoms with Gasteiger partial charge in [0.15, 0.2) is 0 Å². The first-order valence-corrected chi connectivity index (χ1v) is 7.41. The summed E-state index contributed by atoms with van der Waals surface area (Å²) in [5, 5.41) is 9.94. The van der Waals surface area contributed by atoms with Crippen molar-refractivity contribution in [1.29, 1.82) is 0 Å². The van der Waals surface area contributed by atoms with Crippen molar-refractivity contribution in [2.45, 2.75) is 32.8 Å². The Hall–Kier alpha value is -1.87. The van der Waals surface area contributed by atoms with Crippen molar-refractivity contribution in [3.8, 4) is 0 Å². The number of halogens is 1. The van der Waals surface area contributed by atoms with Crippen LogP contribution in [0.5, 0.6) is 0 Å². The molecule has 110 valence electrons. The standard InChI is InChI=1S/C18H20FNO/c1-12-8-9-16-14(11-12)5-4-10-20(16)17-7-3-6-15(19)18(17)13(2)21/h3,6-9,11,13,21H,4-5,10H2,1-2H3. The summed E-state index contributed by atoms with van der Waals surface area (Å²) in [6.45, 7) is 4.55. The summed E-state index contributed by atoms with van der Waals surface area (Å²) < 4.78 is 14.1. The van der Waals surface area contributed by atoms with E-state index in [9.17, 15) is 9.50 Å². The molecule has 2 nitrogen and oxygen atoms in total. The maximum Gasteiger partial charge on any atom is 0.131 e. The van der Waals surface area contributed by atoms with Gasteiger partial charge in [-0.15, -0.1) is 0 Å². The van der Waals surface area contributed by atoms with E-state index in [0.717, 1.165) is 30.8 Å². The Labute approximate surface area is 124 Å². The van der Waals surface area contributed by atoms with Gasteiger partial charge in [0, 0.05) is 23.5 Å². The van der Waals surface area contributed by atoms with Crippen LogP contribution in [0.3, 0.4) is 0 Å². The molecule has 21 heavy (non-hydrogen) atoms. The molecule has 1 aliphatic rings. The number of hydrogen-bond acceptors (Lipinski definition) is 2. The molecule has 2 aromatic carbocycles. The van der Waals surface area contributed by atoms with Gasteiger partial charge >= 0.3 is 0 Å². The monoisotopic (exact) mass is 285 g/mol. The Morgan fingerprint density at radius 3 is 2.76 bits per heavy atom. The molecule has 1 N–H and O–H groups in total. The Kier molecular flexibility index (Phi) is 3.68. The Balaban J connectivity index is 2.13. The molecule has 3 rings (SSSR count). The lowest BCUT2D eigenvalue weighted by Crippen LogP contribution is -2.26. The Morgan fingerprint density at radius 2 is 2.00 bits per heavy atom. The fourth-order valence-electron chi connectivity index (χ4n) is 3.15. The molecule has 1 heterocycles. The lowest BCUT2D eigenvalue weighted by Gasteiger charge is -2.33. The van der Waals surface area contributed by atoms with Crippen molar-refractivity contribution in [2.75, 3.05) is 11.4 Å². The van der Waals surface area contributed by atoms with E-state index < -0.39 is 6.10 Å². The minimum absolute atomic E-state index is 0.346. The SMILES string of the molecule is Cc1ccc2c(c1)CCCN2c1cccc(F)c1C(C)O. The van der Waals surface area contributed by atoms with Gasteiger partial charge in [0.2, 0.25) is 0 Å². The normalized spacial score (nSPS) is 15.7. The second kappa shape index (κ2) is 5.49. The first-order chi connectivity index (χ1) is 10.1. The van der Waals surface area contributed by atoms with Crippen LogP contribution in [-0.2, 0) is 6.42 Å². The van der Waals surface area contributed by atoms with Crippen LogP contribution < -0.4 is 4.90 Å². The van der Waals surface area contributed by atoms with Crippen molar-refractivity contribution >= 4 is 11.4 Å². The van der Waals surface area contributed by atoms with Gasteiger partial charge in [0.1, 0.15) is 5.82 Å². The largest absolute Gasteiger partial charge is 0.389 e. The highest BCUT2D eigenvalue weighted by atomic mass is 19.1. The predicted octanol–water partition coefficient (Wildman–Crippen LogP) is 4.27. The first kappa shape index (κ1) is 14.1. The highest BCUT2D eigenvalue weighted by Gasteiger charge is 2.23. The van der Waals surface area contributed by atoms with Gasteiger partial charge in [-0.2, -0.15) is 0 Å². The molecule has 1 atom stereocenters. The molecule has 1 aliphatic heterocycles. The lowest BCUT2D eigenvalue weighted by atomic mass is 9.97. The minimum atomic E-state index is -0.822. The summed E-state index contributed by atoms with van der Waals surface area (Å²) in [6.07, 6.45) is 1.26. The van der Waals surface area contributed by atoms with Crippen LogP contribution in [0, 0.1) is 12.7 Å². The van der Waals surface area contributed by atoms with E-state index in [0.29, 0.717) is 5.56 Å².